The fourth-order valence-electron chi connectivity index (χ4n) is 1.71. The van der Waals surface area contributed by atoms with Crippen LogP contribution in [-0.2, 0) is 9.84 Å². The summed E-state index contributed by atoms with van der Waals surface area (Å²) in [5.41, 5.74) is 0.437. The molecule has 15 heavy (non-hydrogen) atoms. The molecule has 0 amide bonds. The Morgan fingerprint density at radius 1 is 1.40 bits per heavy atom. The summed E-state index contributed by atoms with van der Waals surface area (Å²) in [6.07, 6.45) is 5.59. The highest BCUT2D eigenvalue weighted by Crippen LogP contribution is 2.48. The second kappa shape index (κ2) is 5.51. The van der Waals surface area contributed by atoms with E-state index >= 15 is 0 Å². The number of alkyl halides is 1. The van der Waals surface area contributed by atoms with Gasteiger partial charge in [0.15, 0.2) is 0 Å². The Kier molecular flexibility index (Phi) is 4.87. The molecule has 1 saturated carbocycles. The molecule has 1 fully saturated rings. The van der Waals surface area contributed by atoms with Crippen LogP contribution < -0.4 is 5.32 Å². The molecule has 3 nitrogen and oxygen atoms in total. The van der Waals surface area contributed by atoms with Crippen molar-refractivity contribution in [1.29, 1.82) is 0 Å². The van der Waals surface area contributed by atoms with E-state index < -0.39 is 9.84 Å². The smallest absolute Gasteiger partial charge is 0.147 e. The SMILES string of the molecule is CS(=O)(=O)CCCNCC1(CCCl)CC1. The van der Waals surface area contributed by atoms with Gasteiger partial charge in [-0.2, -0.15) is 0 Å². The monoisotopic (exact) mass is 253 g/mol. The van der Waals surface area contributed by atoms with Gasteiger partial charge in [-0.3, -0.25) is 0 Å². The molecule has 0 saturated heterocycles. The average Bonchev–Trinajstić information content (AvgIpc) is 2.83. The Morgan fingerprint density at radius 3 is 2.53 bits per heavy atom. The van der Waals surface area contributed by atoms with Gasteiger partial charge in [0.25, 0.3) is 0 Å². The molecular weight excluding hydrogens is 234 g/mol. The topological polar surface area (TPSA) is 46.2 Å². The summed E-state index contributed by atoms with van der Waals surface area (Å²) in [7, 11) is -2.80. The molecule has 0 spiro atoms. The van der Waals surface area contributed by atoms with Crippen LogP contribution >= 0.6 is 11.6 Å². The fraction of sp³-hybridized carbons (Fsp3) is 1.00. The summed E-state index contributed by atoms with van der Waals surface area (Å²) < 4.78 is 21.7. The maximum atomic E-state index is 10.9. The molecule has 0 unspecified atom stereocenters. The largest absolute Gasteiger partial charge is 0.316 e. The summed E-state index contributed by atoms with van der Waals surface area (Å²) in [4.78, 5) is 0. The standard InChI is InChI=1S/C10H20ClNO2S/c1-15(13,14)8-2-7-12-9-10(3-4-10)5-6-11/h12H,2-9H2,1H3. The summed E-state index contributed by atoms with van der Waals surface area (Å²) in [5, 5.41) is 3.32. The van der Waals surface area contributed by atoms with Crippen molar-refractivity contribution in [3.8, 4) is 0 Å². The second-order valence-electron chi connectivity index (χ2n) is 4.60. The van der Waals surface area contributed by atoms with E-state index in [4.69, 9.17) is 11.6 Å². The van der Waals surface area contributed by atoms with E-state index in [9.17, 15) is 8.42 Å². The molecule has 1 aliphatic rings. The van der Waals surface area contributed by atoms with Crippen molar-refractivity contribution in [2.24, 2.45) is 5.41 Å². The lowest BCUT2D eigenvalue weighted by molar-refractivity contribution is 0.446. The lowest BCUT2D eigenvalue weighted by atomic mass is 10.0. The van der Waals surface area contributed by atoms with E-state index in [1.165, 1.54) is 19.1 Å². The molecule has 0 atom stereocenters. The van der Waals surface area contributed by atoms with Gasteiger partial charge < -0.3 is 5.32 Å². The summed E-state index contributed by atoms with van der Waals surface area (Å²) >= 11 is 5.72. The fourth-order valence-corrected chi connectivity index (χ4v) is 2.77. The Morgan fingerprint density at radius 2 is 2.07 bits per heavy atom. The van der Waals surface area contributed by atoms with Crippen LogP contribution in [0, 0.1) is 5.41 Å². The summed E-state index contributed by atoms with van der Waals surface area (Å²) in [6, 6.07) is 0. The van der Waals surface area contributed by atoms with Gasteiger partial charge in [-0.1, -0.05) is 0 Å². The first-order chi connectivity index (χ1) is 6.97. The first-order valence-corrected chi connectivity index (χ1v) is 8.01. The number of rotatable bonds is 8. The zero-order chi connectivity index (χ0) is 11.4. The molecule has 1 aliphatic carbocycles. The van der Waals surface area contributed by atoms with E-state index in [0.717, 1.165) is 25.4 Å². The van der Waals surface area contributed by atoms with Gasteiger partial charge in [0.2, 0.25) is 0 Å². The molecule has 5 heteroatoms. The van der Waals surface area contributed by atoms with Gasteiger partial charge in [0.1, 0.15) is 9.84 Å². The minimum Gasteiger partial charge on any atom is -0.316 e. The maximum absolute atomic E-state index is 10.9. The van der Waals surface area contributed by atoms with E-state index in [0.29, 0.717) is 11.8 Å². The second-order valence-corrected chi connectivity index (χ2v) is 7.24. The Hall–Kier alpha value is 0.200. The number of halogens is 1. The first kappa shape index (κ1) is 13.3. The molecule has 0 aliphatic heterocycles. The van der Waals surface area contributed by atoms with E-state index in [2.05, 4.69) is 5.32 Å². The van der Waals surface area contributed by atoms with Crippen LogP contribution in [0.4, 0.5) is 0 Å². The summed E-state index contributed by atoms with van der Waals surface area (Å²) in [5.74, 6) is 1.01. The molecule has 1 rings (SSSR count). The van der Waals surface area contributed by atoms with Gasteiger partial charge in [-0.05, 0) is 37.6 Å². The highest BCUT2D eigenvalue weighted by Gasteiger charge is 2.40. The number of hydrogen-bond donors (Lipinski definition) is 1. The van der Waals surface area contributed by atoms with Crippen molar-refractivity contribution in [3.05, 3.63) is 0 Å². The van der Waals surface area contributed by atoms with Gasteiger partial charge in [-0.15, -0.1) is 11.6 Å². The van der Waals surface area contributed by atoms with Crippen molar-refractivity contribution in [3.63, 3.8) is 0 Å². The molecule has 0 heterocycles. The van der Waals surface area contributed by atoms with Crippen LogP contribution in [-0.4, -0.2) is 39.4 Å². The molecular formula is C10H20ClNO2S. The zero-order valence-corrected chi connectivity index (χ0v) is 10.8. The molecule has 0 bridgehead atoms. The van der Waals surface area contributed by atoms with Crippen LogP contribution in [0.5, 0.6) is 0 Å². The quantitative estimate of drug-likeness (QED) is 0.526. The molecule has 90 valence electrons. The predicted octanol–water partition coefficient (Wildman–Crippen LogP) is 1.42. The van der Waals surface area contributed by atoms with Crippen molar-refractivity contribution >= 4 is 21.4 Å². The van der Waals surface area contributed by atoms with Gasteiger partial charge in [0, 0.05) is 18.7 Å². The van der Waals surface area contributed by atoms with Crippen molar-refractivity contribution in [2.75, 3.05) is 31.0 Å². The molecule has 0 aromatic heterocycles. The Labute approximate surface area is 97.5 Å². The van der Waals surface area contributed by atoms with Crippen molar-refractivity contribution in [2.45, 2.75) is 25.7 Å². The number of hydrogen-bond acceptors (Lipinski definition) is 3. The van der Waals surface area contributed by atoms with Crippen LogP contribution in [0.15, 0.2) is 0 Å². The lowest BCUT2D eigenvalue weighted by Crippen LogP contribution is -2.26. The normalized spacial score (nSPS) is 19.1. The highest BCUT2D eigenvalue weighted by molar-refractivity contribution is 7.90. The average molecular weight is 254 g/mol. The molecule has 0 aromatic rings. The summed E-state index contributed by atoms with van der Waals surface area (Å²) in [6.45, 7) is 1.78. The predicted molar refractivity (Wildman–Crippen MR) is 64.2 cm³/mol. The van der Waals surface area contributed by atoms with Crippen molar-refractivity contribution in [1.82, 2.24) is 5.32 Å². The molecule has 0 aromatic carbocycles. The van der Waals surface area contributed by atoms with Gasteiger partial charge in [0.05, 0.1) is 5.75 Å². The maximum Gasteiger partial charge on any atom is 0.147 e. The minimum atomic E-state index is -2.80. The van der Waals surface area contributed by atoms with Crippen LogP contribution in [0.3, 0.4) is 0 Å². The van der Waals surface area contributed by atoms with Crippen molar-refractivity contribution < 1.29 is 8.42 Å². The number of sulfone groups is 1. The van der Waals surface area contributed by atoms with Crippen LogP contribution in [0.25, 0.3) is 0 Å². The molecule has 1 N–H and O–H groups in total. The first-order valence-electron chi connectivity index (χ1n) is 5.42. The van der Waals surface area contributed by atoms with Crippen LogP contribution in [0.2, 0.25) is 0 Å². The third-order valence-electron chi connectivity index (χ3n) is 2.95. The van der Waals surface area contributed by atoms with E-state index in [1.54, 1.807) is 0 Å². The minimum absolute atomic E-state index is 0.280. The van der Waals surface area contributed by atoms with Crippen LogP contribution in [0.1, 0.15) is 25.7 Å². The van der Waals surface area contributed by atoms with E-state index in [-0.39, 0.29) is 5.75 Å². The Bertz CT molecular complexity index is 286. The third-order valence-corrected chi connectivity index (χ3v) is 4.17. The molecule has 0 radical (unpaired) electrons. The van der Waals surface area contributed by atoms with Gasteiger partial charge >= 0.3 is 0 Å². The van der Waals surface area contributed by atoms with E-state index in [1.807, 2.05) is 0 Å². The van der Waals surface area contributed by atoms with Gasteiger partial charge in [-0.25, -0.2) is 8.42 Å². The lowest BCUT2D eigenvalue weighted by Gasteiger charge is -2.13. The zero-order valence-electron chi connectivity index (χ0n) is 9.26. The third kappa shape index (κ3) is 5.73. The Balaban J connectivity index is 2.02. The number of nitrogens with one attached hydrogen (secondary N) is 1. The highest BCUT2D eigenvalue weighted by atomic mass is 35.5.